The molecule has 1 aromatic rings. The first-order valence-electron chi connectivity index (χ1n) is 6.84. The third-order valence-corrected chi connectivity index (χ3v) is 3.53. The van der Waals surface area contributed by atoms with Crippen molar-refractivity contribution in [3.05, 3.63) is 29.8 Å². The van der Waals surface area contributed by atoms with Crippen LogP contribution in [0.2, 0.25) is 0 Å². The Morgan fingerprint density at radius 3 is 3.00 bits per heavy atom. The maximum absolute atomic E-state index is 11.9. The van der Waals surface area contributed by atoms with E-state index in [2.05, 4.69) is 17.6 Å². The second-order valence-corrected chi connectivity index (χ2v) is 5.25. The second-order valence-electron chi connectivity index (χ2n) is 5.25. The zero-order valence-electron chi connectivity index (χ0n) is 12.0. The first-order valence-corrected chi connectivity index (χ1v) is 6.84. The van der Waals surface area contributed by atoms with Gasteiger partial charge in [-0.2, -0.15) is 0 Å². The summed E-state index contributed by atoms with van der Waals surface area (Å²) >= 11 is 0. The van der Waals surface area contributed by atoms with Gasteiger partial charge in [0.15, 0.2) is 6.61 Å². The van der Waals surface area contributed by atoms with E-state index in [0.717, 1.165) is 30.8 Å². The molecule has 1 amide bonds. The number of halogens is 1. The van der Waals surface area contributed by atoms with Gasteiger partial charge in [-0.1, -0.05) is 19.1 Å². The van der Waals surface area contributed by atoms with Gasteiger partial charge in [-0.15, -0.1) is 12.4 Å². The molecule has 2 atom stereocenters. The summed E-state index contributed by atoms with van der Waals surface area (Å²) in [5, 5.41) is 6.32. The molecule has 0 saturated carbocycles. The molecule has 20 heavy (non-hydrogen) atoms. The molecule has 1 aliphatic heterocycles. The maximum Gasteiger partial charge on any atom is 0.258 e. The zero-order chi connectivity index (χ0) is 13.7. The third-order valence-electron chi connectivity index (χ3n) is 3.53. The number of carbonyl (C=O) groups excluding carboxylic acids is 1. The molecule has 0 spiro atoms. The van der Waals surface area contributed by atoms with Crippen LogP contribution in [0.4, 0.5) is 0 Å². The van der Waals surface area contributed by atoms with E-state index in [1.54, 1.807) is 0 Å². The molecule has 2 unspecified atom stereocenters. The average molecular weight is 299 g/mol. The number of nitrogens with one attached hydrogen (secondary N) is 2. The molecular formula is C15H23ClN2O2. The monoisotopic (exact) mass is 298 g/mol. The molecular weight excluding hydrogens is 276 g/mol. The van der Waals surface area contributed by atoms with Crippen LogP contribution in [0.1, 0.15) is 18.9 Å². The van der Waals surface area contributed by atoms with Crippen LogP contribution in [0.3, 0.4) is 0 Å². The number of rotatable bonds is 4. The molecule has 4 nitrogen and oxygen atoms in total. The Hall–Kier alpha value is -1.26. The summed E-state index contributed by atoms with van der Waals surface area (Å²) in [5.74, 6) is 1.20. The minimum absolute atomic E-state index is 0. The van der Waals surface area contributed by atoms with Gasteiger partial charge >= 0.3 is 0 Å². The predicted octanol–water partition coefficient (Wildman–Crippen LogP) is 1.91. The van der Waals surface area contributed by atoms with Gasteiger partial charge in [0.2, 0.25) is 0 Å². The molecule has 112 valence electrons. The van der Waals surface area contributed by atoms with E-state index < -0.39 is 0 Å². The first-order chi connectivity index (χ1) is 9.15. The van der Waals surface area contributed by atoms with Crippen molar-refractivity contribution in [2.45, 2.75) is 26.3 Å². The molecule has 2 N–H and O–H groups in total. The molecule has 1 aromatic carbocycles. The van der Waals surface area contributed by atoms with E-state index >= 15 is 0 Å². The van der Waals surface area contributed by atoms with Gasteiger partial charge in [0.25, 0.3) is 5.91 Å². The number of hydrogen-bond acceptors (Lipinski definition) is 3. The van der Waals surface area contributed by atoms with Gasteiger partial charge in [0.05, 0.1) is 0 Å². The van der Waals surface area contributed by atoms with E-state index in [-0.39, 0.29) is 31.0 Å². The van der Waals surface area contributed by atoms with Gasteiger partial charge in [0.1, 0.15) is 5.75 Å². The van der Waals surface area contributed by atoms with Crippen molar-refractivity contribution in [1.29, 1.82) is 0 Å². The predicted molar refractivity (Wildman–Crippen MR) is 82.5 cm³/mol. The van der Waals surface area contributed by atoms with Crippen molar-refractivity contribution in [3.63, 3.8) is 0 Å². The smallest absolute Gasteiger partial charge is 0.258 e. The Morgan fingerprint density at radius 1 is 1.50 bits per heavy atom. The van der Waals surface area contributed by atoms with E-state index in [4.69, 9.17) is 4.74 Å². The highest BCUT2D eigenvalue weighted by Gasteiger charge is 2.22. The molecule has 0 aromatic heterocycles. The molecule has 1 heterocycles. The van der Waals surface area contributed by atoms with Crippen LogP contribution in [0.15, 0.2) is 24.3 Å². The molecule has 1 saturated heterocycles. The number of aryl methyl sites for hydroxylation is 1. The van der Waals surface area contributed by atoms with Crippen molar-refractivity contribution in [2.75, 3.05) is 19.7 Å². The fourth-order valence-electron chi connectivity index (χ4n) is 2.29. The number of benzene rings is 1. The quantitative estimate of drug-likeness (QED) is 0.893. The maximum atomic E-state index is 11.9. The Morgan fingerprint density at radius 2 is 2.30 bits per heavy atom. The Kier molecular flexibility index (Phi) is 6.82. The summed E-state index contributed by atoms with van der Waals surface area (Å²) in [6.45, 7) is 6.13. The van der Waals surface area contributed by atoms with Crippen LogP contribution >= 0.6 is 12.4 Å². The summed E-state index contributed by atoms with van der Waals surface area (Å²) in [6.07, 6.45) is 1.10. The van der Waals surface area contributed by atoms with E-state index in [1.807, 2.05) is 31.2 Å². The lowest BCUT2D eigenvalue weighted by molar-refractivity contribution is -0.124. The summed E-state index contributed by atoms with van der Waals surface area (Å²) in [4.78, 5) is 11.9. The van der Waals surface area contributed by atoms with Gasteiger partial charge < -0.3 is 15.4 Å². The highest BCUT2D eigenvalue weighted by Crippen LogP contribution is 2.13. The van der Waals surface area contributed by atoms with Crippen molar-refractivity contribution >= 4 is 18.3 Å². The number of ether oxygens (including phenoxy) is 1. The summed E-state index contributed by atoms with van der Waals surface area (Å²) in [7, 11) is 0. The molecule has 0 radical (unpaired) electrons. The number of hydrogen-bond donors (Lipinski definition) is 2. The zero-order valence-corrected chi connectivity index (χ0v) is 12.8. The van der Waals surface area contributed by atoms with Gasteiger partial charge in [-0.3, -0.25) is 4.79 Å². The number of amides is 1. The largest absolute Gasteiger partial charge is 0.484 e. The van der Waals surface area contributed by atoms with Crippen LogP contribution in [-0.2, 0) is 4.79 Å². The van der Waals surface area contributed by atoms with Crippen molar-refractivity contribution in [2.24, 2.45) is 5.92 Å². The highest BCUT2D eigenvalue weighted by molar-refractivity contribution is 5.85. The van der Waals surface area contributed by atoms with Crippen molar-refractivity contribution in [1.82, 2.24) is 10.6 Å². The van der Waals surface area contributed by atoms with Crippen molar-refractivity contribution in [3.8, 4) is 5.75 Å². The summed E-state index contributed by atoms with van der Waals surface area (Å²) < 4.78 is 5.49. The van der Waals surface area contributed by atoms with Crippen molar-refractivity contribution < 1.29 is 9.53 Å². The molecule has 0 bridgehead atoms. The van der Waals surface area contributed by atoms with Gasteiger partial charge in [-0.25, -0.2) is 0 Å². The topological polar surface area (TPSA) is 50.4 Å². The minimum Gasteiger partial charge on any atom is -0.484 e. The Bertz CT molecular complexity index is 440. The third kappa shape index (κ3) is 5.02. The van der Waals surface area contributed by atoms with Crippen LogP contribution in [0, 0.1) is 12.8 Å². The lowest BCUT2D eigenvalue weighted by Crippen LogP contribution is -2.51. The normalized spacial score (nSPS) is 21.7. The van der Waals surface area contributed by atoms with Crippen LogP contribution in [0.25, 0.3) is 0 Å². The summed E-state index contributed by atoms with van der Waals surface area (Å²) in [6, 6.07) is 7.93. The first kappa shape index (κ1) is 16.8. The lowest BCUT2D eigenvalue weighted by atomic mass is 9.95. The molecule has 5 heteroatoms. The molecule has 1 fully saturated rings. The van der Waals surface area contributed by atoms with Gasteiger partial charge in [0, 0.05) is 12.6 Å². The average Bonchev–Trinajstić information content (AvgIpc) is 2.39. The molecule has 0 aliphatic carbocycles. The highest BCUT2D eigenvalue weighted by atomic mass is 35.5. The summed E-state index contributed by atoms with van der Waals surface area (Å²) in [5.41, 5.74) is 1.13. The lowest BCUT2D eigenvalue weighted by Gasteiger charge is -2.30. The minimum atomic E-state index is -0.0537. The van der Waals surface area contributed by atoms with Gasteiger partial charge in [-0.05, 0) is 43.5 Å². The molecule has 1 aliphatic rings. The Balaban J connectivity index is 0.00000200. The Labute approximate surface area is 126 Å². The fraction of sp³-hybridized carbons (Fsp3) is 0.533. The van der Waals surface area contributed by atoms with Crippen LogP contribution in [-0.4, -0.2) is 31.6 Å². The number of carbonyl (C=O) groups is 1. The van der Waals surface area contributed by atoms with E-state index in [0.29, 0.717) is 5.92 Å². The van der Waals surface area contributed by atoms with E-state index in [1.165, 1.54) is 0 Å². The number of piperidine rings is 1. The standard InChI is InChI=1S/C15H22N2O2.ClH/c1-11-4-3-5-13(8-11)19-10-15(18)17-14-9-16-7-6-12(14)2;/h3-5,8,12,14,16H,6-7,9-10H2,1-2H3,(H,17,18);1H. The van der Waals surface area contributed by atoms with E-state index in [9.17, 15) is 4.79 Å². The van der Waals surface area contributed by atoms with Crippen LogP contribution in [0.5, 0.6) is 5.75 Å². The second kappa shape index (κ2) is 8.12. The van der Waals surface area contributed by atoms with Crippen LogP contribution < -0.4 is 15.4 Å². The fourth-order valence-corrected chi connectivity index (χ4v) is 2.29. The SMILES string of the molecule is Cc1cccc(OCC(=O)NC2CNCCC2C)c1.Cl. The molecule has 2 rings (SSSR count).